The molecule has 0 saturated carbocycles. The van der Waals surface area contributed by atoms with Crippen LogP contribution >= 0.6 is 11.3 Å². The summed E-state index contributed by atoms with van der Waals surface area (Å²) in [6.07, 6.45) is 7.31. The molecule has 0 bridgehead atoms. The van der Waals surface area contributed by atoms with Gasteiger partial charge in [-0.15, -0.1) is 11.3 Å². The fourth-order valence-corrected chi connectivity index (χ4v) is 4.03. The highest BCUT2D eigenvalue weighted by molar-refractivity contribution is 7.12. The molecule has 2 aromatic rings. The Kier molecular flexibility index (Phi) is 3.35. The molecule has 2 aromatic heterocycles. The standard InChI is InChI=1S/C15H21N3S/c1-10-13(9-18(3)17-10)16-11(2)15-8-12-6-4-5-7-14(12)19-15/h8-9,11,16H,4-7H2,1-3H3. The Morgan fingerprint density at radius 1 is 1.37 bits per heavy atom. The van der Waals surface area contributed by atoms with E-state index in [1.165, 1.54) is 30.6 Å². The molecular formula is C15H21N3S. The molecule has 1 unspecified atom stereocenters. The Bertz CT molecular complexity index is 559. The van der Waals surface area contributed by atoms with Crippen molar-refractivity contribution in [3.63, 3.8) is 0 Å². The average Bonchev–Trinajstić information content (AvgIpc) is 2.93. The van der Waals surface area contributed by atoms with E-state index in [1.807, 2.05) is 23.1 Å². The molecule has 4 heteroatoms. The zero-order valence-electron chi connectivity index (χ0n) is 11.9. The summed E-state index contributed by atoms with van der Waals surface area (Å²) >= 11 is 1.99. The van der Waals surface area contributed by atoms with Crippen LogP contribution in [0.25, 0.3) is 0 Å². The van der Waals surface area contributed by atoms with E-state index in [2.05, 4.69) is 36.5 Å². The summed E-state index contributed by atoms with van der Waals surface area (Å²) in [5.74, 6) is 0. The van der Waals surface area contributed by atoms with Gasteiger partial charge in [0.05, 0.1) is 17.4 Å². The van der Waals surface area contributed by atoms with Crippen LogP contribution in [0, 0.1) is 6.92 Å². The zero-order valence-corrected chi connectivity index (χ0v) is 12.7. The van der Waals surface area contributed by atoms with E-state index in [0.717, 1.165) is 11.4 Å². The van der Waals surface area contributed by atoms with Gasteiger partial charge in [0.25, 0.3) is 0 Å². The van der Waals surface area contributed by atoms with Gasteiger partial charge in [0.1, 0.15) is 0 Å². The first-order valence-electron chi connectivity index (χ1n) is 7.02. The van der Waals surface area contributed by atoms with E-state index < -0.39 is 0 Å². The van der Waals surface area contributed by atoms with Crippen molar-refractivity contribution in [1.82, 2.24) is 9.78 Å². The normalized spacial score (nSPS) is 16.2. The molecular weight excluding hydrogens is 254 g/mol. The molecule has 2 heterocycles. The predicted octanol–water partition coefficient (Wildman–Crippen LogP) is 3.84. The van der Waals surface area contributed by atoms with Gasteiger partial charge in [0, 0.05) is 23.0 Å². The number of hydrogen-bond donors (Lipinski definition) is 1. The predicted molar refractivity (Wildman–Crippen MR) is 80.9 cm³/mol. The fourth-order valence-electron chi connectivity index (χ4n) is 2.77. The number of aromatic nitrogens is 2. The molecule has 102 valence electrons. The number of rotatable bonds is 3. The van der Waals surface area contributed by atoms with Crippen LogP contribution in [0.3, 0.4) is 0 Å². The number of aryl methyl sites for hydroxylation is 4. The van der Waals surface area contributed by atoms with Gasteiger partial charge in [0.15, 0.2) is 0 Å². The molecule has 0 fully saturated rings. The second kappa shape index (κ2) is 5.00. The van der Waals surface area contributed by atoms with Crippen molar-refractivity contribution in [2.24, 2.45) is 7.05 Å². The Morgan fingerprint density at radius 3 is 2.84 bits per heavy atom. The van der Waals surface area contributed by atoms with E-state index in [9.17, 15) is 0 Å². The molecule has 0 radical (unpaired) electrons. The molecule has 1 aliphatic carbocycles. The fraction of sp³-hybridized carbons (Fsp3) is 0.533. The molecule has 1 N–H and O–H groups in total. The lowest BCUT2D eigenvalue weighted by Gasteiger charge is -2.12. The molecule has 19 heavy (non-hydrogen) atoms. The lowest BCUT2D eigenvalue weighted by molar-refractivity contribution is 0.696. The van der Waals surface area contributed by atoms with E-state index in [0.29, 0.717) is 6.04 Å². The summed E-state index contributed by atoms with van der Waals surface area (Å²) in [4.78, 5) is 3.06. The Labute approximate surface area is 118 Å². The SMILES string of the molecule is Cc1nn(C)cc1NC(C)c1cc2c(s1)CCCC2. The third-order valence-corrected chi connectivity index (χ3v) is 5.25. The number of nitrogens with zero attached hydrogens (tertiary/aromatic N) is 2. The maximum absolute atomic E-state index is 4.38. The number of anilines is 1. The molecule has 1 aliphatic rings. The molecule has 1 atom stereocenters. The van der Waals surface area contributed by atoms with Crippen LogP contribution in [0.1, 0.15) is 46.8 Å². The lowest BCUT2D eigenvalue weighted by atomic mass is 9.99. The highest BCUT2D eigenvalue weighted by atomic mass is 32.1. The van der Waals surface area contributed by atoms with Crippen molar-refractivity contribution >= 4 is 17.0 Å². The topological polar surface area (TPSA) is 29.9 Å². The van der Waals surface area contributed by atoms with Crippen LogP contribution < -0.4 is 5.32 Å². The van der Waals surface area contributed by atoms with Gasteiger partial charge in [-0.2, -0.15) is 5.10 Å². The quantitative estimate of drug-likeness (QED) is 0.922. The smallest absolute Gasteiger partial charge is 0.0825 e. The van der Waals surface area contributed by atoms with Crippen molar-refractivity contribution in [1.29, 1.82) is 0 Å². The monoisotopic (exact) mass is 275 g/mol. The highest BCUT2D eigenvalue weighted by Crippen LogP contribution is 2.34. The van der Waals surface area contributed by atoms with Crippen LogP contribution in [0.5, 0.6) is 0 Å². The number of thiophene rings is 1. The molecule has 0 spiro atoms. The van der Waals surface area contributed by atoms with Crippen LogP contribution in [0.2, 0.25) is 0 Å². The summed E-state index contributed by atoms with van der Waals surface area (Å²) in [7, 11) is 1.96. The molecule has 3 rings (SSSR count). The summed E-state index contributed by atoms with van der Waals surface area (Å²) in [5, 5.41) is 7.96. The molecule has 3 nitrogen and oxygen atoms in total. The van der Waals surface area contributed by atoms with Crippen LogP contribution in [0.4, 0.5) is 5.69 Å². The first-order chi connectivity index (χ1) is 9.13. The van der Waals surface area contributed by atoms with Crippen molar-refractivity contribution in [3.8, 4) is 0 Å². The van der Waals surface area contributed by atoms with Gasteiger partial charge in [0.2, 0.25) is 0 Å². The van der Waals surface area contributed by atoms with E-state index in [4.69, 9.17) is 0 Å². The van der Waals surface area contributed by atoms with Gasteiger partial charge in [-0.1, -0.05) is 0 Å². The Morgan fingerprint density at radius 2 is 2.16 bits per heavy atom. The minimum absolute atomic E-state index is 0.360. The van der Waals surface area contributed by atoms with E-state index in [1.54, 1.807) is 10.4 Å². The molecule has 0 aliphatic heterocycles. The first-order valence-corrected chi connectivity index (χ1v) is 7.83. The van der Waals surface area contributed by atoms with Crippen LogP contribution in [-0.4, -0.2) is 9.78 Å². The van der Waals surface area contributed by atoms with Gasteiger partial charge in [-0.25, -0.2) is 0 Å². The summed E-state index contributed by atoms with van der Waals surface area (Å²) in [6, 6.07) is 2.77. The van der Waals surface area contributed by atoms with Gasteiger partial charge in [-0.05, 0) is 51.2 Å². The van der Waals surface area contributed by atoms with Crippen LogP contribution in [-0.2, 0) is 19.9 Å². The van der Waals surface area contributed by atoms with Crippen molar-refractivity contribution in [2.45, 2.75) is 45.6 Å². The van der Waals surface area contributed by atoms with Crippen molar-refractivity contribution < 1.29 is 0 Å². The van der Waals surface area contributed by atoms with Gasteiger partial charge in [-0.3, -0.25) is 4.68 Å². The molecule has 0 amide bonds. The maximum atomic E-state index is 4.38. The average molecular weight is 275 g/mol. The minimum atomic E-state index is 0.360. The first kappa shape index (κ1) is 12.7. The minimum Gasteiger partial charge on any atom is -0.375 e. The molecule has 0 aromatic carbocycles. The van der Waals surface area contributed by atoms with Gasteiger partial charge >= 0.3 is 0 Å². The molecule has 0 saturated heterocycles. The van der Waals surface area contributed by atoms with Gasteiger partial charge < -0.3 is 5.32 Å². The number of nitrogens with one attached hydrogen (secondary N) is 1. The maximum Gasteiger partial charge on any atom is 0.0825 e. The summed E-state index contributed by atoms with van der Waals surface area (Å²) in [6.45, 7) is 4.29. The zero-order chi connectivity index (χ0) is 13.4. The summed E-state index contributed by atoms with van der Waals surface area (Å²) < 4.78 is 1.86. The van der Waals surface area contributed by atoms with Crippen LogP contribution in [0.15, 0.2) is 12.3 Å². The lowest BCUT2D eigenvalue weighted by Crippen LogP contribution is -2.05. The highest BCUT2D eigenvalue weighted by Gasteiger charge is 2.17. The second-order valence-electron chi connectivity index (χ2n) is 5.47. The van der Waals surface area contributed by atoms with E-state index in [-0.39, 0.29) is 0 Å². The van der Waals surface area contributed by atoms with Crippen molar-refractivity contribution in [3.05, 3.63) is 33.3 Å². The number of hydrogen-bond acceptors (Lipinski definition) is 3. The number of fused-ring (bicyclic) bond motifs is 1. The largest absolute Gasteiger partial charge is 0.375 e. The Balaban J connectivity index is 1.78. The van der Waals surface area contributed by atoms with E-state index >= 15 is 0 Å². The third kappa shape index (κ3) is 2.54. The van der Waals surface area contributed by atoms with Crippen molar-refractivity contribution in [2.75, 3.05) is 5.32 Å². The third-order valence-electron chi connectivity index (χ3n) is 3.83. The second-order valence-corrected chi connectivity index (χ2v) is 6.64. The Hall–Kier alpha value is -1.29. The summed E-state index contributed by atoms with van der Waals surface area (Å²) in [5.41, 5.74) is 3.79.